The van der Waals surface area contributed by atoms with Crippen molar-refractivity contribution in [3.63, 3.8) is 0 Å². The van der Waals surface area contributed by atoms with Crippen molar-refractivity contribution in [3.05, 3.63) is 0 Å². The number of carbonyl (C=O) groups excluding carboxylic acids is 1. The Labute approximate surface area is 148 Å². The number of thioether (sulfide) groups is 1. The molecule has 0 aromatic heterocycles. The summed E-state index contributed by atoms with van der Waals surface area (Å²) in [5.74, 6) is 0. The Hall–Kier alpha value is 0.117. The van der Waals surface area contributed by atoms with E-state index < -0.39 is 13.2 Å². The molecule has 0 aromatic rings. The first-order valence-corrected chi connectivity index (χ1v) is 11.6. The van der Waals surface area contributed by atoms with Crippen molar-refractivity contribution >= 4 is 25.7 Å². The normalized spacial score (nSPS) is 12.6. The summed E-state index contributed by atoms with van der Waals surface area (Å²) in [6, 6.07) is 0. The lowest BCUT2D eigenvalue weighted by molar-refractivity contribution is -0.111. The zero-order valence-electron chi connectivity index (χ0n) is 15.9. The molecular weight excluding hydrogens is 328 g/mol. The summed E-state index contributed by atoms with van der Waals surface area (Å²) < 4.78 is 17.4. The Kier molecular flexibility index (Phi) is 12.5. The van der Waals surface area contributed by atoms with Crippen LogP contribution in [0, 0.1) is 0 Å². The molecule has 0 saturated carbocycles. The first-order valence-electron chi connectivity index (χ1n) is 9.02. The van der Waals surface area contributed by atoms with Crippen LogP contribution in [0.2, 0.25) is 0 Å². The van der Waals surface area contributed by atoms with Gasteiger partial charge in [-0.25, -0.2) is 0 Å². The van der Waals surface area contributed by atoms with E-state index in [2.05, 4.69) is 6.92 Å². The fraction of sp³-hybridized carbons (Fsp3) is 0.941. The summed E-state index contributed by atoms with van der Waals surface area (Å²) in [5.41, 5.74) is 0. The lowest BCUT2D eigenvalue weighted by Crippen LogP contribution is -2.61. The summed E-state index contributed by atoms with van der Waals surface area (Å²) in [7, 11) is -2.90. The van der Waals surface area contributed by atoms with Gasteiger partial charge in [-0.1, -0.05) is 44.4 Å². The van der Waals surface area contributed by atoms with Crippen molar-refractivity contribution in [1.82, 2.24) is 0 Å². The van der Waals surface area contributed by atoms with Crippen molar-refractivity contribution in [2.24, 2.45) is 0 Å². The zero-order valence-corrected chi connectivity index (χ0v) is 17.7. The van der Waals surface area contributed by atoms with Crippen LogP contribution >= 0.6 is 11.8 Å². The van der Waals surface area contributed by atoms with E-state index in [4.69, 9.17) is 13.3 Å². The molecule has 6 heteroatoms. The molecule has 138 valence electrons. The van der Waals surface area contributed by atoms with E-state index in [9.17, 15) is 4.79 Å². The molecule has 0 saturated heterocycles. The molecule has 0 spiro atoms. The smallest absolute Gasteiger partial charge is 0.373 e. The third-order valence-electron chi connectivity index (χ3n) is 3.59. The third-order valence-corrected chi connectivity index (χ3v) is 9.07. The van der Waals surface area contributed by atoms with Gasteiger partial charge in [0.05, 0.1) is 4.37 Å². The summed E-state index contributed by atoms with van der Waals surface area (Å²) in [6.45, 7) is 13.6. The molecule has 4 nitrogen and oxygen atoms in total. The van der Waals surface area contributed by atoms with Crippen molar-refractivity contribution in [2.45, 2.75) is 84.4 Å². The van der Waals surface area contributed by atoms with Gasteiger partial charge in [-0.2, -0.15) is 0 Å². The van der Waals surface area contributed by atoms with E-state index in [0.29, 0.717) is 26.2 Å². The highest BCUT2D eigenvalue weighted by Gasteiger charge is 2.57. The van der Waals surface area contributed by atoms with E-state index >= 15 is 0 Å². The highest BCUT2D eigenvalue weighted by atomic mass is 32.2. The highest BCUT2D eigenvalue weighted by molar-refractivity contribution is 8.16. The Morgan fingerprint density at radius 3 is 1.78 bits per heavy atom. The largest absolute Gasteiger partial charge is 0.517 e. The van der Waals surface area contributed by atoms with Gasteiger partial charge in [-0.15, -0.1) is 0 Å². The molecule has 0 radical (unpaired) electrons. The standard InChI is InChI=1S/C17H36O4SSi/c1-7-11-12-13-14-15-16(18)22-17(5,6)23(19-8-2,20-9-3)21-10-4/h7-15H2,1-6H3. The Morgan fingerprint density at radius 1 is 0.870 bits per heavy atom. The van der Waals surface area contributed by atoms with Crippen molar-refractivity contribution < 1.29 is 18.1 Å². The topological polar surface area (TPSA) is 44.8 Å². The summed E-state index contributed by atoms with van der Waals surface area (Å²) >= 11 is 1.34. The van der Waals surface area contributed by atoms with Crippen LogP contribution < -0.4 is 0 Å². The summed E-state index contributed by atoms with van der Waals surface area (Å²) in [6.07, 6.45) is 6.41. The van der Waals surface area contributed by atoms with Crippen LogP contribution in [0.4, 0.5) is 0 Å². The van der Waals surface area contributed by atoms with Crippen molar-refractivity contribution in [2.75, 3.05) is 19.8 Å². The van der Waals surface area contributed by atoms with E-state index in [-0.39, 0.29) is 5.12 Å². The fourth-order valence-electron chi connectivity index (χ4n) is 2.49. The number of hydrogen-bond donors (Lipinski definition) is 0. The fourth-order valence-corrected chi connectivity index (χ4v) is 7.11. The molecule has 0 N–H and O–H groups in total. The third kappa shape index (κ3) is 8.16. The molecule has 0 amide bonds. The minimum atomic E-state index is -2.90. The van der Waals surface area contributed by atoms with Gasteiger partial charge in [0.1, 0.15) is 0 Å². The van der Waals surface area contributed by atoms with Crippen molar-refractivity contribution in [3.8, 4) is 0 Å². The second kappa shape index (κ2) is 12.5. The van der Waals surface area contributed by atoms with Gasteiger partial charge in [0.15, 0.2) is 5.12 Å². The van der Waals surface area contributed by atoms with Gasteiger partial charge in [0.2, 0.25) is 0 Å². The van der Waals surface area contributed by atoms with Gasteiger partial charge in [0.25, 0.3) is 0 Å². The van der Waals surface area contributed by atoms with Gasteiger partial charge < -0.3 is 13.3 Å². The number of hydrogen-bond acceptors (Lipinski definition) is 5. The van der Waals surface area contributed by atoms with Crippen LogP contribution in [0.25, 0.3) is 0 Å². The van der Waals surface area contributed by atoms with Crippen LogP contribution in [-0.4, -0.2) is 38.1 Å². The predicted molar refractivity (Wildman–Crippen MR) is 101 cm³/mol. The van der Waals surface area contributed by atoms with Crippen LogP contribution in [-0.2, 0) is 18.1 Å². The number of carbonyl (C=O) groups is 1. The maximum absolute atomic E-state index is 12.4. The summed E-state index contributed by atoms with van der Waals surface area (Å²) in [4.78, 5) is 12.4. The van der Waals surface area contributed by atoms with E-state index in [1.807, 2.05) is 34.6 Å². The lowest BCUT2D eigenvalue weighted by Gasteiger charge is -2.39. The van der Waals surface area contributed by atoms with E-state index in [0.717, 1.165) is 12.8 Å². The lowest BCUT2D eigenvalue weighted by atomic mass is 10.1. The second-order valence-corrected chi connectivity index (χ2v) is 11.3. The molecule has 0 heterocycles. The van der Waals surface area contributed by atoms with Gasteiger partial charge in [-0.3, -0.25) is 4.79 Å². The minimum absolute atomic E-state index is 0.211. The van der Waals surface area contributed by atoms with Crippen LogP contribution in [0.1, 0.15) is 80.1 Å². The molecule has 0 bridgehead atoms. The van der Waals surface area contributed by atoms with Gasteiger partial charge >= 0.3 is 8.80 Å². The van der Waals surface area contributed by atoms with E-state index in [1.165, 1.54) is 31.0 Å². The first-order chi connectivity index (χ1) is 10.9. The SMILES string of the molecule is CCCCCCCC(=O)SC(C)(C)[Si](OCC)(OCC)OCC. The average Bonchev–Trinajstić information content (AvgIpc) is 2.47. The van der Waals surface area contributed by atoms with Gasteiger partial charge in [-0.05, 0) is 41.0 Å². The molecule has 0 aliphatic heterocycles. The number of unbranched alkanes of at least 4 members (excludes halogenated alkanes) is 4. The van der Waals surface area contributed by atoms with Gasteiger partial charge in [0, 0.05) is 26.2 Å². The Bertz CT molecular complexity index is 307. The predicted octanol–water partition coefficient (Wildman–Crippen LogP) is 4.97. The second-order valence-electron chi connectivity index (χ2n) is 6.00. The Morgan fingerprint density at radius 2 is 1.35 bits per heavy atom. The summed E-state index contributed by atoms with van der Waals surface area (Å²) in [5, 5.41) is 0.211. The first kappa shape index (κ1) is 23.1. The van der Waals surface area contributed by atoms with Crippen LogP contribution in [0.15, 0.2) is 0 Å². The molecule has 0 unspecified atom stereocenters. The molecule has 0 rings (SSSR count). The maximum atomic E-state index is 12.4. The van der Waals surface area contributed by atoms with Crippen LogP contribution in [0.5, 0.6) is 0 Å². The average molecular weight is 365 g/mol. The molecule has 0 aliphatic carbocycles. The minimum Gasteiger partial charge on any atom is -0.373 e. The van der Waals surface area contributed by atoms with E-state index in [1.54, 1.807) is 0 Å². The molecule has 0 aliphatic rings. The Balaban J connectivity index is 4.71. The molecular formula is C17H36O4SSi. The highest BCUT2D eigenvalue weighted by Crippen LogP contribution is 2.38. The molecule has 0 aromatic carbocycles. The monoisotopic (exact) mass is 364 g/mol. The molecule has 23 heavy (non-hydrogen) atoms. The number of rotatable bonds is 14. The zero-order chi connectivity index (χ0) is 17.8. The molecule has 0 fully saturated rings. The van der Waals surface area contributed by atoms with Crippen molar-refractivity contribution in [1.29, 1.82) is 0 Å². The molecule has 0 atom stereocenters. The quantitative estimate of drug-likeness (QED) is 0.321. The van der Waals surface area contributed by atoms with Crippen LogP contribution in [0.3, 0.4) is 0 Å². The maximum Gasteiger partial charge on any atom is 0.517 e.